The fraction of sp³-hybridized carbons (Fsp3) is 0.391. The average molecular weight is 380 g/mol. The van der Waals surface area contributed by atoms with Crippen molar-refractivity contribution in [1.82, 2.24) is 10.6 Å². The molecule has 0 saturated carbocycles. The van der Waals surface area contributed by atoms with Crippen LogP contribution < -0.4 is 15.5 Å². The van der Waals surface area contributed by atoms with E-state index in [0.717, 1.165) is 24.9 Å². The first-order chi connectivity index (χ1) is 13.6. The lowest BCUT2D eigenvalue weighted by Crippen LogP contribution is -2.39. The minimum absolute atomic E-state index is 0.0445. The van der Waals surface area contributed by atoms with Crippen molar-refractivity contribution in [3.05, 3.63) is 65.2 Å². The monoisotopic (exact) mass is 379 g/mol. The van der Waals surface area contributed by atoms with Gasteiger partial charge >= 0.3 is 0 Å². The zero-order valence-corrected chi connectivity index (χ0v) is 16.7. The standard InChI is InChI=1S/C23H29N3O2/c1-3-24-23(28)20-12-9-18(10-13-20)16-25-22(27)14-15-26-17(2)8-11-19-6-4-5-7-21(19)26/h4-7,9-10,12-13,17H,3,8,11,14-16H2,1-2H3,(H,24,28)(H,25,27). The van der Waals surface area contributed by atoms with Crippen LogP contribution in [-0.4, -0.2) is 30.9 Å². The van der Waals surface area contributed by atoms with E-state index in [4.69, 9.17) is 0 Å². The van der Waals surface area contributed by atoms with E-state index in [2.05, 4.69) is 46.7 Å². The quantitative estimate of drug-likeness (QED) is 0.776. The molecule has 1 atom stereocenters. The Hall–Kier alpha value is -2.82. The lowest BCUT2D eigenvalue weighted by Gasteiger charge is -2.37. The van der Waals surface area contributed by atoms with Crippen molar-refractivity contribution in [2.45, 2.75) is 45.7 Å². The second-order valence-corrected chi connectivity index (χ2v) is 7.29. The molecule has 1 heterocycles. The topological polar surface area (TPSA) is 61.4 Å². The van der Waals surface area contributed by atoms with E-state index in [-0.39, 0.29) is 11.8 Å². The van der Waals surface area contributed by atoms with Gasteiger partial charge in [0, 0.05) is 43.3 Å². The highest BCUT2D eigenvalue weighted by molar-refractivity contribution is 5.94. The third kappa shape index (κ3) is 4.91. The Morgan fingerprint density at radius 1 is 1.07 bits per heavy atom. The Labute approximate surface area is 167 Å². The van der Waals surface area contributed by atoms with Gasteiger partial charge in [0.05, 0.1) is 0 Å². The fourth-order valence-electron chi connectivity index (χ4n) is 3.65. The highest BCUT2D eigenvalue weighted by Gasteiger charge is 2.22. The molecule has 0 saturated heterocycles. The SMILES string of the molecule is CCNC(=O)c1ccc(CNC(=O)CCN2c3ccccc3CCC2C)cc1. The summed E-state index contributed by atoms with van der Waals surface area (Å²) in [5.41, 5.74) is 4.25. The molecule has 0 fully saturated rings. The molecule has 28 heavy (non-hydrogen) atoms. The minimum Gasteiger partial charge on any atom is -0.368 e. The number of hydrogen-bond donors (Lipinski definition) is 2. The van der Waals surface area contributed by atoms with E-state index in [1.165, 1.54) is 11.3 Å². The Morgan fingerprint density at radius 3 is 2.57 bits per heavy atom. The molecule has 1 aliphatic rings. The summed E-state index contributed by atoms with van der Waals surface area (Å²) in [6.45, 7) is 5.92. The maximum Gasteiger partial charge on any atom is 0.251 e. The van der Waals surface area contributed by atoms with Crippen LogP contribution in [0.4, 0.5) is 5.69 Å². The summed E-state index contributed by atoms with van der Waals surface area (Å²) < 4.78 is 0. The molecule has 0 bridgehead atoms. The lowest BCUT2D eigenvalue weighted by molar-refractivity contribution is -0.121. The van der Waals surface area contributed by atoms with Crippen molar-refractivity contribution in [2.75, 3.05) is 18.0 Å². The van der Waals surface area contributed by atoms with Gasteiger partial charge in [-0.3, -0.25) is 9.59 Å². The Bertz CT molecular complexity index is 817. The molecule has 0 aliphatic carbocycles. The normalized spacial score (nSPS) is 15.6. The lowest BCUT2D eigenvalue weighted by atomic mass is 9.96. The van der Waals surface area contributed by atoms with Gasteiger partial charge in [0.15, 0.2) is 0 Å². The Balaban J connectivity index is 1.49. The number of carbonyl (C=O) groups excluding carboxylic acids is 2. The van der Waals surface area contributed by atoms with Gasteiger partial charge in [-0.25, -0.2) is 0 Å². The second kappa shape index (κ2) is 9.40. The van der Waals surface area contributed by atoms with E-state index < -0.39 is 0 Å². The van der Waals surface area contributed by atoms with Gasteiger partial charge < -0.3 is 15.5 Å². The van der Waals surface area contributed by atoms with Crippen molar-refractivity contribution >= 4 is 17.5 Å². The summed E-state index contributed by atoms with van der Waals surface area (Å²) in [5.74, 6) is -0.0305. The number of hydrogen-bond acceptors (Lipinski definition) is 3. The first-order valence-electron chi connectivity index (χ1n) is 10.1. The summed E-state index contributed by atoms with van der Waals surface area (Å²) in [6, 6.07) is 16.3. The molecular weight excluding hydrogens is 350 g/mol. The highest BCUT2D eigenvalue weighted by atomic mass is 16.2. The summed E-state index contributed by atoms with van der Waals surface area (Å²) in [7, 11) is 0. The van der Waals surface area contributed by atoms with Crippen LogP contribution in [0.2, 0.25) is 0 Å². The summed E-state index contributed by atoms with van der Waals surface area (Å²) in [6.07, 6.45) is 2.69. The number of nitrogens with zero attached hydrogens (tertiary/aromatic N) is 1. The number of anilines is 1. The van der Waals surface area contributed by atoms with Crippen LogP contribution in [-0.2, 0) is 17.8 Å². The molecule has 2 aromatic carbocycles. The number of para-hydroxylation sites is 1. The molecule has 3 rings (SSSR count). The third-order valence-electron chi connectivity index (χ3n) is 5.29. The van der Waals surface area contributed by atoms with Gasteiger partial charge in [-0.15, -0.1) is 0 Å². The van der Waals surface area contributed by atoms with E-state index in [0.29, 0.717) is 31.1 Å². The average Bonchev–Trinajstić information content (AvgIpc) is 2.72. The van der Waals surface area contributed by atoms with Gasteiger partial charge in [0.25, 0.3) is 5.91 Å². The molecule has 0 aromatic heterocycles. The van der Waals surface area contributed by atoms with Gasteiger partial charge in [0.2, 0.25) is 5.91 Å². The molecule has 0 radical (unpaired) electrons. The van der Waals surface area contributed by atoms with E-state index in [9.17, 15) is 9.59 Å². The van der Waals surface area contributed by atoms with Crippen molar-refractivity contribution in [2.24, 2.45) is 0 Å². The Morgan fingerprint density at radius 2 is 1.82 bits per heavy atom. The van der Waals surface area contributed by atoms with Gasteiger partial charge in [-0.1, -0.05) is 30.3 Å². The smallest absolute Gasteiger partial charge is 0.251 e. The zero-order valence-electron chi connectivity index (χ0n) is 16.7. The molecule has 5 nitrogen and oxygen atoms in total. The first-order valence-corrected chi connectivity index (χ1v) is 10.1. The van der Waals surface area contributed by atoms with Crippen LogP contribution in [0.25, 0.3) is 0 Å². The van der Waals surface area contributed by atoms with E-state index in [1.54, 1.807) is 12.1 Å². The number of rotatable bonds is 7. The number of nitrogens with one attached hydrogen (secondary N) is 2. The molecule has 1 aliphatic heterocycles. The van der Waals surface area contributed by atoms with E-state index >= 15 is 0 Å². The molecule has 2 amide bonds. The largest absolute Gasteiger partial charge is 0.368 e. The number of carbonyl (C=O) groups is 2. The van der Waals surface area contributed by atoms with Crippen LogP contribution in [0, 0.1) is 0 Å². The number of aryl methyl sites for hydroxylation is 1. The highest BCUT2D eigenvalue weighted by Crippen LogP contribution is 2.30. The third-order valence-corrected chi connectivity index (χ3v) is 5.29. The number of fused-ring (bicyclic) bond motifs is 1. The van der Waals surface area contributed by atoms with Crippen molar-refractivity contribution in [1.29, 1.82) is 0 Å². The van der Waals surface area contributed by atoms with Gasteiger partial charge in [-0.05, 0) is 56.0 Å². The predicted molar refractivity (Wildman–Crippen MR) is 112 cm³/mol. The first kappa shape index (κ1) is 19.9. The fourth-order valence-corrected chi connectivity index (χ4v) is 3.65. The van der Waals surface area contributed by atoms with Gasteiger partial charge in [-0.2, -0.15) is 0 Å². The van der Waals surface area contributed by atoms with Crippen molar-refractivity contribution in [3.8, 4) is 0 Å². The zero-order chi connectivity index (χ0) is 19.9. The van der Waals surface area contributed by atoms with Crippen LogP contribution in [0.1, 0.15) is 48.2 Å². The van der Waals surface area contributed by atoms with Crippen LogP contribution in [0.3, 0.4) is 0 Å². The summed E-state index contributed by atoms with van der Waals surface area (Å²) >= 11 is 0. The maximum atomic E-state index is 12.3. The maximum absolute atomic E-state index is 12.3. The molecule has 1 unspecified atom stereocenters. The summed E-state index contributed by atoms with van der Waals surface area (Å²) in [4.78, 5) is 26.5. The number of amides is 2. The van der Waals surface area contributed by atoms with Crippen molar-refractivity contribution < 1.29 is 9.59 Å². The van der Waals surface area contributed by atoms with Gasteiger partial charge in [0.1, 0.15) is 0 Å². The van der Waals surface area contributed by atoms with E-state index in [1.807, 2.05) is 19.1 Å². The molecule has 2 N–H and O–H groups in total. The predicted octanol–water partition coefficient (Wildman–Crippen LogP) is 3.28. The molecule has 5 heteroatoms. The minimum atomic E-state index is -0.0750. The van der Waals surface area contributed by atoms with Crippen LogP contribution in [0.5, 0.6) is 0 Å². The number of benzene rings is 2. The summed E-state index contributed by atoms with van der Waals surface area (Å²) in [5, 5.41) is 5.76. The second-order valence-electron chi connectivity index (χ2n) is 7.29. The van der Waals surface area contributed by atoms with Crippen LogP contribution in [0.15, 0.2) is 48.5 Å². The Kier molecular flexibility index (Phi) is 6.69. The van der Waals surface area contributed by atoms with Crippen LogP contribution >= 0.6 is 0 Å². The molecular formula is C23H29N3O2. The molecule has 0 spiro atoms. The molecule has 148 valence electrons. The van der Waals surface area contributed by atoms with Crippen molar-refractivity contribution in [3.63, 3.8) is 0 Å². The molecule has 2 aromatic rings.